The Labute approximate surface area is 98.1 Å². The molecule has 2 atom stereocenters. The molecule has 0 bridgehead atoms. The van der Waals surface area contributed by atoms with Crippen LogP contribution < -0.4 is 0 Å². The van der Waals surface area contributed by atoms with E-state index >= 15 is 0 Å². The van der Waals surface area contributed by atoms with Crippen molar-refractivity contribution in [3.63, 3.8) is 0 Å². The van der Waals surface area contributed by atoms with Crippen LogP contribution in [0.5, 0.6) is 0 Å². The predicted octanol–water partition coefficient (Wildman–Crippen LogP) is 0.796. The Morgan fingerprint density at radius 2 is 2.19 bits per heavy atom. The number of aliphatic hydroxyl groups excluding tert-OH is 2. The molecule has 0 aromatic carbocycles. The Bertz CT molecular complexity index is 289. The van der Waals surface area contributed by atoms with Gasteiger partial charge in [-0.25, -0.2) is 0 Å². The Hall–Kier alpha value is -1.08. The summed E-state index contributed by atoms with van der Waals surface area (Å²) in [6.07, 6.45) is 9.76. The second kappa shape index (κ2) is 8.12. The standard InChI is InChI=1S/C13H21NO2/c1-5-7-12(8-6-2)13(16)11(3)14(4)9-10-15/h1,6-8,11,13,15-16H,9-10H2,2-4H3/b8-6-,12-7+/t11?,13-/m1/s1. The molecular weight excluding hydrogens is 202 g/mol. The fraction of sp³-hybridized carbons (Fsp3) is 0.538. The van der Waals surface area contributed by atoms with Gasteiger partial charge in [0, 0.05) is 12.6 Å². The van der Waals surface area contributed by atoms with Gasteiger partial charge in [0.25, 0.3) is 0 Å². The van der Waals surface area contributed by atoms with Gasteiger partial charge in [-0.05, 0) is 32.5 Å². The first-order valence-electron chi connectivity index (χ1n) is 5.36. The van der Waals surface area contributed by atoms with E-state index in [1.54, 1.807) is 12.2 Å². The van der Waals surface area contributed by atoms with Gasteiger partial charge < -0.3 is 10.2 Å². The Morgan fingerprint density at radius 3 is 2.62 bits per heavy atom. The lowest BCUT2D eigenvalue weighted by Gasteiger charge is -2.28. The van der Waals surface area contributed by atoms with Crippen LogP contribution in [0.4, 0.5) is 0 Å². The van der Waals surface area contributed by atoms with Crippen LogP contribution in [-0.2, 0) is 0 Å². The number of hydrogen-bond donors (Lipinski definition) is 2. The zero-order valence-electron chi connectivity index (χ0n) is 10.2. The summed E-state index contributed by atoms with van der Waals surface area (Å²) >= 11 is 0. The quantitative estimate of drug-likeness (QED) is 0.517. The molecule has 3 heteroatoms. The SMILES string of the molecule is C#C/C=C(\C=C/C)[C@H](O)C(C)N(C)CCO. The first-order valence-corrected chi connectivity index (χ1v) is 5.36. The van der Waals surface area contributed by atoms with Crippen molar-refractivity contribution in [1.82, 2.24) is 4.90 Å². The lowest BCUT2D eigenvalue weighted by molar-refractivity contribution is 0.0882. The number of nitrogens with zero attached hydrogens (tertiary/aromatic N) is 1. The van der Waals surface area contributed by atoms with E-state index < -0.39 is 6.10 Å². The van der Waals surface area contributed by atoms with Gasteiger partial charge >= 0.3 is 0 Å². The molecule has 0 saturated heterocycles. The van der Waals surface area contributed by atoms with Gasteiger partial charge in [0.2, 0.25) is 0 Å². The van der Waals surface area contributed by atoms with Crippen molar-refractivity contribution in [2.24, 2.45) is 0 Å². The van der Waals surface area contributed by atoms with Crippen molar-refractivity contribution in [2.45, 2.75) is 26.0 Å². The lowest BCUT2D eigenvalue weighted by atomic mass is 10.0. The minimum absolute atomic E-state index is 0.0748. The maximum absolute atomic E-state index is 10.1. The van der Waals surface area contributed by atoms with Gasteiger partial charge in [-0.1, -0.05) is 18.1 Å². The van der Waals surface area contributed by atoms with Crippen LogP contribution in [0, 0.1) is 12.3 Å². The van der Waals surface area contributed by atoms with Crippen LogP contribution in [0.1, 0.15) is 13.8 Å². The van der Waals surface area contributed by atoms with E-state index in [0.29, 0.717) is 12.1 Å². The molecule has 0 heterocycles. The highest BCUT2D eigenvalue weighted by molar-refractivity contribution is 5.31. The Kier molecular flexibility index (Phi) is 7.57. The molecule has 0 aliphatic rings. The van der Waals surface area contributed by atoms with Crippen LogP contribution in [0.25, 0.3) is 0 Å². The third-order valence-electron chi connectivity index (χ3n) is 2.56. The van der Waals surface area contributed by atoms with Crippen molar-refractivity contribution in [3.05, 3.63) is 23.8 Å². The summed E-state index contributed by atoms with van der Waals surface area (Å²) in [5.41, 5.74) is 0.710. The van der Waals surface area contributed by atoms with E-state index in [2.05, 4.69) is 5.92 Å². The molecule has 3 nitrogen and oxygen atoms in total. The third kappa shape index (κ3) is 4.63. The molecule has 0 aromatic heterocycles. The molecule has 0 aromatic rings. The highest BCUT2D eigenvalue weighted by atomic mass is 16.3. The summed E-state index contributed by atoms with van der Waals surface area (Å²) < 4.78 is 0. The number of hydrogen-bond acceptors (Lipinski definition) is 3. The second-order valence-electron chi connectivity index (χ2n) is 3.70. The summed E-state index contributed by atoms with van der Waals surface area (Å²) in [7, 11) is 1.85. The second-order valence-corrected chi connectivity index (χ2v) is 3.70. The fourth-order valence-electron chi connectivity index (χ4n) is 1.40. The third-order valence-corrected chi connectivity index (χ3v) is 2.56. The summed E-state index contributed by atoms with van der Waals surface area (Å²) in [6.45, 7) is 4.37. The minimum Gasteiger partial charge on any atom is -0.395 e. The van der Waals surface area contributed by atoms with Crippen molar-refractivity contribution >= 4 is 0 Å². The Balaban J connectivity index is 4.68. The maximum Gasteiger partial charge on any atom is 0.0948 e. The Morgan fingerprint density at radius 1 is 1.56 bits per heavy atom. The first-order chi connectivity index (χ1) is 7.58. The summed E-state index contributed by atoms with van der Waals surface area (Å²) in [6, 6.07) is -0.0945. The van der Waals surface area contributed by atoms with E-state index in [1.165, 1.54) is 0 Å². The highest BCUT2D eigenvalue weighted by Crippen LogP contribution is 2.12. The number of rotatable bonds is 6. The van der Waals surface area contributed by atoms with Gasteiger partial charge in [-0.15, -0.1) is 6.42 Å². The van der Waals surface area contributed by atoms with E-state index in [-0.39, 0.29) is 12.6 Å². The summed E-state index contributed by atoms with van der Waals surface area (Å²) in [5.74, 6) is 2.42. The first kappa shape index (κ1) is 14.9. The van der Waals surface area contributed by atoms with Gasteiger partial charge in [0.15, 0.2) is 0 Å². The molecule has 16 heavy (non-hydrogen) atoms. The van der Waals surface area contributed by atoms with Crippen LogP contribution in [0.3, 0.4) is 0 Å². The summed E-state index contributed by atoms with van der Waals surface area (Å²) in [5, 5.41) is 18.9. The zero-order valence-corrected chi connectivity index (χ0v) is 10.2. The molecule has 1 unspecified atom stereocenters. The van der Waals surface area contributed by atoms with E-state index in [0.717, 1.165) is 0 Å². The predicted molar refractivity (Wildman–Crippen MR) is 66.9 cm³/mol. The van der Waals surface area contributed by atoms with Crippen LogP contribution in [0.15, 0.2) is 23.8 Å². The van der Waals surface area contributed by atoms with Crippen LogP contribution in [0.2, 0.25) is 0 Å². The highest BCUT2D eigenvalue weighted by Gasteiger charge is 2.20. The van der Waals surface area contributed by atoms with E-state index in [4.69, 9.17) is 11.5 Å². The molecule has 0 rings (SSSR count). The summed E-state index contributed by atoms with van der Waals surface area (Å²) in [4.78, 5) is 1.89. The zero-order chi connectivity index (χ0) is 12.6. The van der Waals surface area contributed by atoms with Gasteiger partial charge in [0.05, 0.1) is 12.7 Å². The fourth-order valence-corrected chi connectivity index (χ4v) is 1.40. The van der Waals surface area contributed by atoms with Crippen molar-refractivity contribution in [3.8, 4) is 12.3 Å². The van der Waals surface area contributed by atoms with Crippen molar-refractivity contribution in [2.75, 3.05) is 20.2 Å². The topological polar surface area (TPSA) is 43.7 Å². The van der Waals surface area contributed by atoms with Gasteiger partial charge in [-0.2, -0.15) is 0 Å². The molecule has 0 saturated carbocycles. The molecule has 2 N–H and O–H groups in total. The monoisotopic (exact) mass is 223 g/mol. The lowest BCUT2D eigenvalue weighted by Crippen LogP contribution is -2.41. The molecule has 0 aliphatic carbocycles. The molecule has 0 fully saturated rings. The molecular formula is C13H21NO2. The molecule has 0 aliphatic heterocycles. The van der Waals surface area contributed by atoms with Crippen LogP contribution in [-0.4, -0.2) is 47.5 Å². The smallest absolute Gasteiger partial charge is 0.0948 e. The van der Waals surface area contributed by atoms with Crippen molar-refractivity contribution < 1.29 is 10.2 Å². The van der Waals surface area contributed by atoms with Gasteiger partial charge in [-0.3, -0.25) is 4.90 Å². The minimum atomic E-state index is -0.649. The number of likely N-dealkylation sites (N-methyl/N-ethyl adjacent to an activating group) is 1. The number of terminal acetylenes is 1. The van der Waals surface area contributed by atoms with Crippen molar-refractivity contribution in [1.29, 1.82) is 0 Å². The van der Waals surface area contributed by atoms with Gasteiger partial charge in [0.1, 0.15) is 0 Å². The maximum atomic E-state index is 10.1. The molecule has 90 valence electrons. The van der Waals surface area contributed by atoms with Crippen LogP contribution >= 0.6 is 0 Å². The normalized spacial score (nSPS) is 16.4. The average molecular weight is 223 g/mol. The van der Waals surface area contributed by atoms with E-state index in [1.807, 2.05) is 31.9 Å². The average Bonchev–Trinajstić information content (AvgIpc) is 2.27. The largest absolute Gasteiger partial charge is 0.395 e. The number of allylic oxidation sites excluding steroid dienone is 2. The van der Waals surface area contributed by atoms with E-state index in [9.17, 15) is 5.11 Å². The molecule has 0 amide bonds. The molecule has 0 radical (unpaired) electrons. The molecule has 0 spiro atoms. The number of aliphatic hydroxyl groups is 2.